The molecule has 2 unspecified atom stereocenters. The minimum atomic E-state index is -0.664. The standard InChI is InChI=1S/C68H135NO5/c1-3-5-7-9-11-13-15-17-18-19-20-21-24-27-30-33-37-40-44-48-52-56-60-66(71)65(64-70)69-67(72)61-57-53-49-45-41-38-34-31-28-25-22-23-26-29-32-35-39-43-47-51-55-59-63-74-68(73)62-58-54-50-46-42-36-16-14-12-10-8-6-4-2/h65-66,70-71H,3-64H2,1-2H3,(H,69,72). The van der Waals surface area contributed by atoms with E-state index in [9.17, 15) is 19.8 Å². The highest BCUT2D eigenvalue weighted by Crippen LogP contribution is 2.19. The summed E-state index contributed by atoms with van der Waals surface area (Å²) in [6, 6.07) is -0.541. The van der Waals surface area contributed by atoms with Crippen LogP contribution in [0.4, 0.5) is 0 Å². The maximum atomic E-state index is 12.5. The van der Waals surface area contributed by atoms with Crippen LogP contribution < -0.4 is 5.32 Å². The van der Waals surface area contributed by atoms with Gasteiger partial charge in [-0.1, -0.05) is 361 Å². The van der Waals surface area contributed by atoms with Crippen molar-refractivity contribution in [3.8, 4) is 0 Å². The summed E-state index contributed by atoms with van der Waals surface area (Å²) in [5, 5.41) is 23.4. The second-order valence-electron chi connectivity index (χ2n) is 23.9. The first-order chi connectivity index (χ1) is 36.5. The third kappa shape index (κ3) is 60.1. The maximum Gasteiger partial charge on any atom is 0.305 e. The zero-order valence-corrected chi connectivity index (χ0v) is 50.6. The summed E-state index contributed by atoms with van der Waals surface area (Å²) >= 11 is 0. The Morgan fingerprint density at radius 1 is 0.324 bits per heavy atom. The van der Waals surface area contributed by atoms with Crippen LogP contribution in [0.2, 0.25) is 0 Å². The highest BCUT2D eigenvalue weighted by atomic mass is 16.5. The van der Waals surface area contributed by atoms with Crippen molar-refractivity contribution in [1.29, 1.82) is 0 Å². The number of carbonyl (C=O) groups excluding carboxylic acids is 2. The van der Waals surface area contributed by atoms with Crippen LogP contribution in [0.25, 0.3) is 0 Å². The highest BCUT2D eigenvalue weighted by molar-refractivity contribution is 5.76. The normalized spacial score (nSPS) is 12.4. The Labute approximate surface area is 464 Å². The molecule has 0 aliphatic heterocycles. The molecule has 2 atom stereocenters. The molecule has 0 fully saturated rings. The Kier molecular flexibility index (Phi) is 63.4. The predicted octanol–water partition coefficient (Wildman–Crippen LogP) is 21.8. The van der Waals surface area contributed by atoms with Gasteiger partial charge in [-0.15, -0.1) is 0 Å². The summed E-state index contributed by atoms with van der Waals surface area (Å²) in [5.74, 6) is -0.0134. The first-order valence-corrected chi connectivity index (χ1v) is 34.3. The number of nitrogens with one attached hydrogen (secondary N) is 1. The van der Waals surface area contributed by atoms with E-state index in [2.05, 4.69) is 19.2 Å². The van der Waals surface area contributed by atoms with E-state index in [1.165, 1.54) is 327 Å². The van der Waals surface area contributed by atoms with E-state index in [4.69, 9.17) is 4.74 Å². The molecule has 0 saturated heterocycles. The zero-order valence-electron chi connectivity index (χ0n) is 50.6. The van der Waals surface area contributed by atoms with Crippen LogP contribution in [-0.4, -0.2) is 47.4 Å². The van der Waals surface area contributed by atoms with Crippen LogP contribution in [0.5, 0.6) is 0 Å². The van der Waals surface area contributed by atoms with Gasteiger partial charge in [-0.3, -0.25) is 9.59 Å². The largest absolute Gasteiger partial charge is 0.466 e. The van der Waals surface area contributed by atoms with Crippen molar-refractivity contribution in [2.75, 3.05) is 13.2 Å². The molecule has 0 saturated carbocycles. The van der Waals surface area contributed by atoms with Crippen molar-refractivity contribution in [2.45, 2.75) is 411 Å². The van der Waals surface area contributed by atoms with E-state index >= 15 is 0 Å². The van der Waals surface area contributed by atoms with Gasteiger partial charge in [-0.2, -0.15) is 0 Å². The Bertz CT molecular complexity index is 1070. The average Bonchev–Trinajstić information content (AvgIpc) is 3.40. The number of aliphatic hydroxyl groups excluding tert-OH is 2. The Hall–Kier alpha value is -1.14. The van der Waals surface area contributed by atoms with Gasteiger partial charge in [0.1, 0.15) is 0 Å². The molecule has 0 heterocycles. The zero-order chi connectivity index (χ0) is 53.6. The van der Waals surface area contributed by atoms with Crippen LogP contribution >= 0.6 is 0 Å². The van der Waals surface area contributed by atoms with Gasteiger partial charge in [-0.05, 0) is 25.7 Å². The second kappa shape index (κ2) is 64.4. The van der Waals surface area contributed by atoms with Gasteiger partial charge in [0, 0.05) is 12.8 Å². The van der Waals surface area contributed by atoms with Gasteiger partial charge in [0.2, 0.25) is 5.91 Å². The molecule has 6 nitrogen and oxygen atoms in total. The van der Waals surface area contributed by atoms with Crippen molar-refractivity contribution >= 4 is 11.9 Å². The molecular formula is C68H135NO5. The molecule has 0 aromatic carbocycles. The van der Waals surface area contributed by atoms with Gasteiger partial charge in [0.15, 0.2) is 0 Å². The minimum absolute atomic E-state index is 0.0163. The first-order valence-electron chi connectivity index (χ1n) is 34.3. The van der Waals surface area contributed by atoms with Crippen LogP contribution in [0.15, 0.2) is 0 Å². The van der Waals surface area contributed by atoms with Gasteiger partial charge in [0.05, 0.1) is 25.4 Å². The molecule has 1 amide bonds. The fraction of sp³-hybridized carbons (Fsp3) is 0.971. The maximum absolute atomic E-state index is 12.5. The van der Waals surface area contributed by atoms with Crippen LogP contribution in [0.1, 0.15) is 399 Å². The van der Waals surface area contributed by atoms with Gasteiger partial charge in [0.25, 0.3) is 0 Å². The number of amides is 1. The molecule has 0 aliphatic carbocycles. The summed E-state index contributed by atoms with van der Waals surface area (Å²) in [5.41, 5.74) is 0. The number of ether oxygens (including phenoxy) is 1. The van der Waals surface area contributed by atoms with Gasteiger partial charge >= 0.3 is 5.97 Å². The lowest BCUT2D eigenvalue weighted by Crippen LogP contribution is -2.45. The molecule has 0 spiro atoms. The Balaban J connectivity index is 3.37. The number of hydrogen-bond donors (Lipinski definition) is 3. The Morgan fingerprint density at radius 3 is 0.824 bits per heavy atom. The summed E-state index contributed by atoms with van der Waals surface area (Å²) in [7, 11) is 0. The lowest BCUT2D eigenvalue weighted by Gasteiger charge is -2.22. The Morgan fingerprint density at radius 2 is 0.554 bits per heavy atom. The van der Waals surface area contributed by atoms with Crippen molar-refractivity contribution in [3.63, 3.8) is 0 Å². The molecule has 0 aliphatic rings. The van der Waals surface area contributed by atoms with E-state index in [1.54, 1.807) is 0 Å². The molecule has 74 heavy (non-hydrogen) atoms. The SMILES string of the molecule is CCCCCCCCCCCCCCCCCCCCCCCCC(O)C(CO)NC(=O)CCCCCCCCCCCCCCCCCCCCCCCCOC(=O)CCCCCCCCCCCCCCC. The van der Waals surface area contributed by atoms with E-state index in [-0.39, 0.29) is 18.5 Å². The van der Waals surface area contributed by atoms with E-state index < -0.39 is 12.1 Å². The second-order valence-corrected chi connectivity index (χ2v) is 23.9. The molecule has 0 rings (SSSR count). The molecule has 3 N–H and O–H groups in total. The molecule has 0 aromatic rings. The highest BCUT2D eigenvalue weighted by Gasteiger charge is 2.20. The lowest BCUT2D eigenvalue weighted by molar-refractivity contribution is -0.143. The van der Waals surface area contributed by atoms with Gasteiger partial charge in [-0.25, -0.2) is 0 Å². The van der Waals surface area contributed by atoms with Crippen LogP contribution in [-0.2, 0) is 14.3 Å². The number of esters is 1. The van der Waals surface area contributed by atoms with E-state index in [0.717, 1.165) is 38.5 Å². The minimum Gasteiger partial charge on any atom is -0.466 e. The molecule has 442 valence electrons. The smallest absolute Gasteiger partial charge is 0.305 e. The lowest BCUT2D eigenvalue weighted by atomic mass is 10.0. The van der Waals surface area contributed by atoms with E-state index in [0.29, 0.717) is 25.9 Å². The number of carbonyl (C=O) groups is 2. The third-order valence-corrected chi connectivity index (χ3v) is 16.4. The molecule has 0 bridgehead atoms. The molecule has 0 radical (unpaired) electrons. The summed E-state index contributed by atoms with van der Waals surface area (Å²) in [6.07, 6.45) is 77.1. The predicted molar refractivity (Wildman–Crippen MR) is 324 cm³/mol. The number of rotatable bonds is 65. The number of aliphatic hydroxyl groups is 2. The van der Waals surface area contributed by atoms with Crippen molar-refractivity contribution in [2.24, 2.45) is 0 Å². The third-order valence-electron chi connectivity index (χ3n) is 16.4. The molecule has 0 aromatic heterocycles. The summed E-state index contributed by atoms with van der Waals surface area (Å²) in [6.45, 7) is 5.00. The quantitative estimate of drug-likeness (QED) is 0.0417. The molecular weight excluding hydrogens is 911 g/mol. The van der Waals surface area contributed by atoms with Crippen LogP contribution in [0.3, 0.4) is 0 Å². The van der Waals surface area contributed by atoms with E-state index in [1.807, 2.05) is 0 Å². The van der Waals surface area contributed by atoms with Crippen molar-refractivity contribution in [1.82, 2.24) is 5.32 Å². The van der Waals surface area contributed by atoms with Crippen molar-refractivity contribution in [3.05, 3.63) is 0 Å². The first kappa shape index (κ1) is 72.9. The van der Waals surface area contributed by atoms with Crippen molar-refractivity contribution < 1.29 is 24.5 Å². The summed E-state index contributed by atoms with van der Waals surface area (Å²) < 4.78 is 5.49. The topological polar surface area (TPSA) is 95.9 Å². The fourth-order valence-corrected chi connectivity index (χ4v) is 11.2. The average molecular weight is 1050 g/mol. The number of unbranched alkanes of at least 4 members (excludes halogenated alkanes) is 54. The van der Waals surface area contributed by atoms with Gasteiger partial charge < -0.3 is 20.3 Å². The fourth-order valence-electron chi connectivity index (χ4n) is 11.2. The number of hydrogen-bond acceptors (Lipinski definition) is 5. The summed E-state index contributed by atoms with van der Waals surface area (Å²) in [4.78, 5) is 24.6. The monoisotopic (exact) mass is 1050 g/mol. The van der Waals surface area contributed by atoms with Crippen LogP contribution in [0, 0.1) is 0 Å². The molecule has 6 heteroatoms.